The molecule has 0 bridgehead atoms. The maximum Gasteiger partial charge on any atom is 0.251 e. The zero-order chi connectivity index (χ0) is 13.1. The number of hydrogen-bond acceptors (Lipinski definition) is 3. The summed E-state index contributed by atoms with van der Waals surface area (Å²) in [6, 6.07) is 7.54. The Labute approximate surface area is 111 Å². The lowest BCUT2D eigenvalue weighted by molar-refractivity contribution is 0.0963. The molecule has 1 heterocycles. The van der Waals surface area contributed by atoms with Gasteiger partial charge in [-0.05, 0) is 12.1 Å². The average molecular weight is 260 g/mol. The van der Waals surface area contributed by atoms with E-state index in [-0.39, 0.29) is 5.91 Å². The van der Waals surface area contributed by atoms with Crippen molar-refractivity contribution >= 4 is 17.2 Å². The molecule has 0 saturated heterocycles. The fourth-order valence-corrected chi connectivity index (χ4v) is 2.49. The van der Waals surface area contributed by atoms with Crippen LogP contribution in [-0.4, -0.2) is 17.9 Å². The van der Waals surface area contributed by atoms with E-state index < -0.39 is 0 Å². The molecular formula is C14H16N2OS. The van der Waals surface area contributed by atoms with E-state index in [2.05, 4.69) is 24.1 Å². The van der Waals surface area contributed by atoms with Gasteiger partial charge < -0.3 is 5.32 Å². The summed E-state index contributed by atoms with van der Waals surface area (Å²) in [6.45, 7) is 4.26. The van der Waals surface area contributed by atoms with Crippen LogP contribution in [-0.2, 0) is 0 Å². The first kappa shape index (κ1) is 12.8. The molecule has 1 N–H and O–H groups in total. The lowest BCUT2D eigenvalue weighted by atomic mass is 10.1. The Morgan fingerprint density at radius 3 is 2.78 bits per heavy atom. The van der Waals surface area contributed by atoms with Crippen molar-refractivity contribution in [3.63, 3.8) is 0 Å². The Morgan fingerprint density at radius 2 is 2.17 bits per heavy atom. The number of carbonyl (C=O) groups is 1. The number of thiazole rings is 1. The summed E-state index contributed by atoms with van der Waals surface area (Å²) in [5.41, 5.74) is 2.59. The average Bonchev–Trinajstić information content (AvgIpc) is 2.88. The summed E-state index contributed by atoms with van der Waals surface area (Å²) in [4.78, 5) is 16.2. The molecule has 0 atom stereocenters. The third-order valence-electron chi connectivity index (χ3n) is 2.66. The first-order valence-electron chi connectivity index (χ1n) is 5.89. The predicted molar refractivity (Wildman–Crippen MR) is 75.0 cm³/mol. The molecule has 0 aliphatic heterocycles. The zero-order valence-electron chi connectivity index (χ0n) is 10.7. The van der Waals surface area contributed by atoms with E-state index in [1.54, 1.807) is 24.5 Å². The lowest BCUT2D eigenvalue weighted by Gasteiger charge is -2.02. The largest absolute Gasteiger partial charge is 0.355 e. The first-order chi connectivity index (χ1) is 8.61. The fraction of sp³-hybridized carbons (Fsp3) is 0.286. The first-order valence-corrected chi connectivity index (χ1v) is 6.77. The SMILES string of the molecule is CNC(=O)c1cccc(-c2csc(C(C)C)n2)c1. The molecule has 1 aromatic heterocycles. The summed E-state index contributed by atoms with van der Waals surface area (Å²) in [5.74, 6) is 0.363. The van der Waals surface area contributed by atoms with E-state index in [1.165, 1.54) is 0 Å². The number of amides is 1. The summed E-state index contributed by atoms with van der Waals surface area (Å²) in [6.07, 6.45) is 0. The van der Waals surface area contributed by atoms with Gasteiger partial charge in [-0.15, -0.1) is 11.3 Å². The molecular weight excluding hydrogens is 244 g/mol. The second-order valence-corrected chi connectivity index (χ2v) is 5.28. The lowest BCUT2D eigenvalue weighted by Crippen LogP contribution is -2.17. The van der Waals surface area contributed by atoms with E-state index >= 15 is 0 Å². The van der Waals surface area contributed by atoms with Crippen molar-refractivity contribution < 1.29 is 4.79 Å². The number of hydrogen-bond donors (Lipinski definition) is 1. The Morgan fingerprint density at radius 1 is 1.39 bits per heavy atom. The Bertz CT molecular complexity index is 560. The highest BCUT2D eigenvalue weighted by Gasteiger charge is 2.09. The summed E-state index contributed by atoms with van der Waals surface area (Å²) < 4.78 is 0. The van der Waals surface area contributed by atoms with Gasteiger partial charge in [-0.2, -0.15) is 0 Å². The topological polar surface area (TPSA) is 42.0 Å². The predicted octanol–water partition coefficient (Wildman–Crippen LogP) is 3.29. The molecule has 18 heavy (non-hydrogen) atoms. The molecule has 1 amide bonds. The van der Waals surface area contributed by atoms with Crippen LogP contribution in [0.3, 0.4) is 0 Å². The van der Waals surface area contributed by atoms with Gasteiger partial charge in [0, 0.05) is 29.5 Å². The standard InChI is InChI=1S/C14H16N2OS/c1-9(2)14-16-12(8-18-14)10-5-4-6-11(7-10)13(17)15-3/h4-9H,1-3H3,(H,15,17). The van der Waals surface area contributed by atoms with Crippen molar-refractivity contribution in [3.8, 4) is 11.3 Å². The molecule has 94 valence electrons. The van der Waals surface area contributed by atoms with Crippen LogP contribution < -0.4 is 5.32 Å². The van der Waals surface area contributed by atoms with Gasteiger partial charge in [-0.25, -0.2) is 4.98 Å². The van der Waals surface area contributed by atoms with Crippen LogP contribution in [0.15, 0.2) is 29.6 Å². The van der Waals surface area contributed by atoms with Gasteiger partial charge >= 0.3 is 0 Å². The number of nitrogens with zero attached hydrogens (tertiary/aromatic N) is 1. The minimum atomic E-state index is -0.0730. The molecule has 0 radical (unpaired) electrons. The minimum Gasteiger partial charge on any atom is -0.355 e. The van der Waals surface area contributed by atoms with Gasteiger partial charge in [0.15, 0.2) is 0 Å². The molecule has 0 saturated carbocycles. The molecule has 0 aliphatic carbocycles. The number of aromatic nitrogens is 1. The van der Waals surface area contributed by atoms with Crippen molar-refractivity contribution in [1.29, 1.82) is 0 Å². The number of rotatable bonds is 3. The van der Waals surface area contributed by atoms with Gasteiger partial charge in [0.1, 0.15) is 0 Å². The summed E-state index contributed by atoms with van der Waals surface area (Å²) in [7, 11) is 1.63. The molecule has 3 nitrogen and oxygen atoms in total. The highest BCUT2D eigenvalue weighted by atomic mass is 32.1. The van der Waals surface area contributed by atoms with Crippen LogP contribution >= 0.6 is 11.3 Å². The summed E-state index contributed by atoms with van der Waals surface area (Å²) >= 11 is 1.66. The highest BCUT2D eigenvalue weighted by Crippen LogP contribution is 2.26. The second kappa shape index (κ2) is 5.31. The van der Waals surface area contributed by atoms with Gasteiger partial charge in [-0.1, -0.05) is 26.0 Å². The van der Waals surface area contributed by atoms with E-state index in [1.807, 2.05) is 23.6 Å². The molecule has 2 rings (SSSR count). The van der Waals surface area contributed by atoms with Gasteiger partial charge in [0.25, 0.3) is 5.91 Å². The summed E-state index contributed by atoms with van der Waals surface area (Å²) in [5, 5.41) is 5.79. The Balaban J connectivity index is 2.35. The van der Waals surface area contributed by atoms with Gasteiger partial charge in [0.05, 0.1) is 10.7 Å². The molecule has 0 aliphatic rings. The Kier molecular flexibility index (Phi) is 3.77. The van der Waals surface area contributed by atoms with Crippen LogP contribution in [0.5, 0.6) is 0 Å². The van der Waals surface area contributed by atoms with Crippen molar-refractivity contribution in [2.45, 2.75) is 19.8 Å². The molecule has 1 aromatic carbocycles. The quantitative estimate of drug-likeness (QED) is 0.920. The minimum absolute atomic E-state index is 0.0730. The Hall–Kier alpha value is -1.68. The molecule has 0 unspecified atom stereocenters. The highest BCUT2D eigenvalue weighted by molar-refractivity contribution is 7.10. The van der Waals surface area contributed by atoms with Gasteiger partial charge in [-0.3, -0.25) is 4.79 Å². The van der Waals surface area contributed by atoms with Crippen molar-refractivity contribution in [1.82, 2.24) is 10.3 Å². The van der Waals surface area contributed by atoms with Crippen molar-refractivity contribution in [2.75, 3.05) is 7.05 Å². The van der Waals surface area contributed by atoms with Crippen molar-refractivity contribution in [3.05, 3.63) is 40.2 Å². The van der Waals surface area contributed by atoms with Gasteiger partial charge in [0.2, 0.25) is 0 Å². The monoisotopic (exact) mass is 260 g/mol. The molecule has 0 fully saturated rings. The maximum atomic E-state index is 11.6. The van der Waals surface area contributed by atoms with E-state index in [4.69, 9.17) is 0 Å². The van der Waals surface area contributed by atoms with E-state index in [9.17, 15) is 4.79 Å². The number of carbonyl (C=O) groups excluding carboxylic acids is 1. The molecule has 4 heteroatoms. The fourth-order valence-electron chi connectivity index (χ4n) is 1.65. The zero-order valence-corrected chi connectivity index (χ0v) is 11.5. The van der Waals surface area contributed by atoms with Crippen LogP contribution in [0.1, 0.15) is 35.1 Å². The van der Waals surface area contributed by atoms with Crippen LogP contribution in [0.25, 0.3) is 11.3 Å². The van der Waals surface area contributed by atoms with Crippen molar-refractivity contribution in [2.24, 2.45) is 0 Å². The van der Waals surface area contributed by atoms with E-state index in [0.29, 0.717) is 11.5 Å². The molecule has 2 aromatic rings. The van der Waals surface area contributed by atoms with Crippen LogP contribution in [0.2, 0.25) is 0 Å². The second-order valence-electron chi connectivity index (χ2n) is 4.39. The number of nitrogens with one attached hydrogen (secondary N) is 1. The van der Waals surface area contributed by atoms with Crippen LogP contribution in [0.4, 0.5) is 0 Å². The maximum absolute atomic E-state index is 11.6. The third kappa shape index (κ3) is 2.59. The normalized spacial score (nSPS) is 10.7. The number of benzene rings is 1. The smallest absolute Gasteiger partial charge is 0.251 e. The third-order valence-corrected chi connectivity index (χ3v) is 3.81. The van der Waals surface area contributed by atoms with Crippen LogP contribution in [0, 0.1) is 0 Å². The molecule has 0 spiro atoms. The van der Waals surface area contributed by atoms with E-state index in [0.717, 1.165) is 16.3 Å².